The number of aromatic nitrogens is 2. The monoisotopic (exact) mass is 280 g/mol. The summed E-state index contributed by atoms with van der Waals surface area (Å²) in [4.78, 5) is 30.1. The standard InChI is InChI=1S/C13H20N4O3/c18-12(10-4-2-1-3-5-15-10)17-11(13(19)20)6-9-7-14-8-16-9/h7-8,10-11,15H,1-6H2,(H,14,16)(H,17,18)(H,19,20)/t10?,11-/m1/s1. The van der Waals surface area contributed by atoms with Gasteiger partial charge in [0.1, 0.15) is 6.04 Å². The first-order valence-electron chi connectivity index (χ1n) is 6.90. The lowest BCUT2D eigenvalue weighted by atomic mass is 10.1. The molecule has 4 N–H and O–H groups in total. The number of imidazole rings is 1. The van der Waals surface area contributed by atoms with Crippen LogP contribution in [-0.2, 0) is 16.0 Å². The van der Waals surface area contributed by atoms with Gasteiger partial charge in [0, 0.05) is 18.3 Å². The zero-order chi connectivity index (χ0) is 14.4. The van der Waals surface area contributed by atoms with Crippen LogP contribution < -0.4 is 10.6 Å². The molecule has 1 aromatic heterocycles. The average molecular weight is 280 g/mol. The number of nitrogens with one attached hydrogen (secondary N) is 3. The van der Waals surface area contributed by atoms with E-state index in [-0.39, 0.29) is 18.4 Å². The van der Waals surface area contributed by atoms with Crippen LogP contribution >= 0.6 is 0 Å². The molecule has 1 unspecified atom stereocenters. The number of nitrogens with zero attached hydrogens (tertiary/aromatic N) is 1. The Morgan fingerprint density at radius 2 is 2.30 bits per heavy atom. The quantitative estimate of drug-likeness (QED) is 0.610. The Balaban J connectivity index is 1.93. The molecule has 7 nitrogen and oxygen atoms in total. The van der Waals surface area contributed by atoms with E-state index in [9.17, 15) is 14.7 Å². The minimum atomic E-state index is -1.04. The Morgan fingerprint density at radius 3 is 3.00 bits per heavy atom. The van der Waals surface area contributed by atoms with Crippen LogP contribution in [0.5, 0.6) is 0 Å². The zero-order valence-corrected chi connectivity index (χ0v) is 11.3. The molecule has 2 atom stereocenters. The normalized spacial score (nSPS) is 20.9. The molecular formula is C13H20N4O3. The van der Waals surface area contributed by atoms with E-state index < -0.39 is 12.0 Å². The Hall–Kier alpha value is -1.89. The second-order valence-corrected chi connectivity index (χ2v) is 5.04. The third kappa shape index (κ3) is 4.06. The number of aromatic amines is 1. The SMILES string of the molecule is O=C(N[C@H](Cc1cnc[nH]1)C(=O)O)C1CCCCCN1. The van der Waals surface area contributed by atoms with Crippen LogP contribution in [0.2, 0.25) is 0 Å². The van der Waals surface area contributed by atoms with Gasteiger partial charge in [-0.25, -0.2) is 9.78 Å². The summed E-state index contributed by atoms with van der Waals surface area (Å²) in [6.45, 7) is 0.802. The van der Waals surface area contributed by atoms with Crippen molar-refractivity contribution in [2.24, 2.45) is 0 Å². The van der Waals surface area contributed by atoms with E-state index in [0.717, 1.165) is 32.2 Å². The Bertz CT molecular complexity index is 438. The highest BCUT2D eigenvalue weighted by Gasteiger charge is 2.26. The van der Waals surface area contributed by atoms with Gasteiger partial charge in [0.25, 0.3) is 0 Å². The van der Waals surface area contributed by atoms with E-state index in [0.29, 0.717) is 5.69 Å². The second-order valence-electron chi connectivity index (χ2n) is 5.04. The summed E-state index contributed by atoms with van der Waals surface area (Å²) in [5.41, 5.74) is 0.687. The summed E-state index contributed by atoms with van der Waals surface area (Å²) in [5.74, 6) is -1.28. The first-order chi connectivity index (χ1) is 9.66. The molecule has 110 valence electrons. The number of carboxylic acids is 1. The van der Waals surface area contributed by atoms with Crippen molar-refractivity contribution in [3.05, 3.63) is 18.2 Å². The van der Waals surface area contributed by atoms with Gasteiger partial charge in [0.15, 0.2) is 0 Å². The summed E-state index contributed by atoms with van der Waals surface area (Å²) in [5, 5.41) is 15.0. The number of aliphatic carboxylic acids is 1. The van der Waals surface area contributed by atoms with Crippen molar-refractivity contribution >= 4 is 11.9 Å². The lowest BCUT2D eigenvalue weighted by Crippen LogP contribution is -2.50. The fraction of sp³-hybridized carbons (Fsp3) is 0.615. The van der Waals surface area contributed by atoms with E-state index >= 15 is 0 Å². The van der Waals surface area contributed by atoms with Crippen LogP contribution in [0.4, 0.5) is 0 Å². The minimum Gasteiger partial charge on any atom is -0.480 e. The first kappa shape index (κ1) is 14.5. The molecule has 2 heterocycles. The molecule has 20 heavy (non-hydrogen) atoms. The molecule has 0 radical (unpaired) electrons. The van der Waals surface area contributed by atoms with Gasteiger partial charge >= 0.3 is 5.97 Å². The van der Waals surface area contributed by atoms with Gasteiger partial charge in [0.2, 0.25) is 5.91 Å². The summed E-state index contributed by atoms with van der Waals surface area (Å²) >= 11 is 0. The van der Waals surface area contributed by atoms with Crippen LogP contribution in [0.25, 0.3) is 0 Å². The topological polar surface area (TPSA) is 107 Å². The number of rotatable bonds is 5. The Morgan fingerprint density at radius 1 is 1.45 bits per heavy atom. The van der Waals surface area contributed by atoms with Gasteiger partial charge in [-0.05, 0) is 19.4 Å². The van der Waals surface area contributed by atoms with Crippen molar-refractivity contribution in [1.82, 2.24) is 20.6 Å². The smallest absolute Gasteiger partial charge is 0.326 e. The number of H-pyrrole nitrogens is 1. The van der Waals surface area contributed by atoms with Crippen LogP contribution in [0.1, 0.15) is 31.4 Å². The van der Waals surface area contributed by atoms with Gasteiger partial charge in [-0.3, -0.25) is 4.79 Å². The first-order valence-corrected chi connectivity index (χ1v) is 6.90. The zero-order valence-electron chi connectivity index (χ0n) is 11.3. The van der Waals surface area contributed by atoms with Gasteiger partial charge in [0.05, 0.1) is 12.4 Å². The number of carbonyl (C=O) groups excluding carboxylic acids is 1. The van der Waals surface area contributed by atoms with Gasteiger partial charge in [-0.15, -0.1) is 0 Å². The predicted molar refractivity (Wildman–Crippen MR) is 72.1 cm³/mol. The second kappa shape index (κ2) is 7.04. The third-order valence-electron chi connectivity index (χ3n) is 3.47. The number of carbonyl (C=O) groups is 2. The Kier molecular flexibility index (Phi) is 5.11. The molecular weight excluding hydrogens is 260 g/mol. The molecule has 1 saturated heterocycles. The summed E-state index contributed by atoms with van der Waals surface area (Å²) in [6, 6.07) is -1.23. The molecule has 0 aromatic carbocycles. The Labute approximate surface area is 117 Å². The minimum absolute atomic E-state index is 0.202. The molecule has 1 fully saturated rings. The van der Waals surface area contributed by atoms with Crippen LogP contribution in [0, 0.1) is 0 Å². The highest BCUT2D eigenvalue weighted by molar-refractivity contribution is 5.87. The van der Waals surface area contributed by atoms with Crippen molar-refractivity contribution in [1.29, 1.82) is 0 Å². The fourth-order valence-electron chi connectivity index (χ4n) is 2.34. The predicted octanol–water partition coefficient (Wildman–Crippen LogP) is 0.0538. The van der Waals surface area contributed by atoms with Crippen molar-refractivity contribution in [2.45, 2.75) is 44.2 Å². The van der Waals surface area contributed by atoms with Crippen molar-refractivity contribution in [2.75, 3.05) is 6.54 Å². The lowest BCUT2D eigenvalue weighted by molar-refractivity contribution is -0.142. The molecule has 0 aliphatic carbocycles. The van der Waals surface area contributed by atoms with Crippen LogP contribution in [-0.4, -0.2) is 45.6 Å². The number of hydrogen-bond donors (Lipinski definition) is 4. The van der Waals surface area contributed by atoms with Gasteiger partial charge in [-0.2, -0.15) is 0 Å². The highest BCUT2D eigenvalue weighted by atomic mass is 16.4. The average Bonchev–Trinajstić information content (AvgIpc) is 2.77. The molecule has 1 aromatic rings. The molecule has 7 heteroatoms. The van der Waals surface area contributed by atoms with E-state index in [1.54, 1.807) is 6.20 Å². The van der Waals surface area contributed by atoms with E-state index in [2.05, 4.69) is 20.6 Å². The van der Waals surface area contributed by atoms with E-state index in [1.807, 2.05) is 0 Å². The maximum atomic E-state index is 12.1. The van der Waals surface area contributed by atoms with Crippen molar-refractivity contribution in [3.63, 3.8) is 0 Å². The number of amides is 1. The maximum absolute atomic E-state index is 12.1. The third-order valence-corrected chi connectivity index (χ3v) is 3.47. The largest absolute Gasteiger partial charge is 0.480 e. The number of carboxylic acid groups (broad SMARTS) is 1. The highest BCUT2D eigenvalue weighted by Crippen LogP contribution is 2.09. The molecule has 0 saturated carbocycles. The molecule has 1 aliphatic heterocycles. The van der Waals surface area contributed by atoms with Gasteiger partial charge in [-0.1, -0.05) is 12.8 Å². The van der Waals surface area contributed by atoms with E-state index in [1.165, 1.54) is 6.33 Å². The number of hydrogen-bond acceptors (Lipinski definition) is 4. The van der Waals surface area contributed by atoms with Crippen LogP contribution in [0.3, 0.4) is 0 Å². The summed E-state index contributed by atoms with van der Waals surface area (Å²) < 4.78 is 0. The van der Waals surface area contributed by atoms with Crippen molar-refractivity contribution < 1.29 is 14.7 Å². The summed E-state index contributed by atoms with van der Waals surface area (Å²) in [6.07, 6.45) is 7.15. The van der Waals surface area contributed by atoms with Gasteiger partial charge < -0.3 is 20.7 Å². The van der Waals surface area contributed by atoms with E-state index in [4.69, 9.17) is 0 Å². The van der Waals surface area contributed by atoms with Crippen LogP contribution in [0.15, 0.2) is 12.5 Å². The molecule has 2 rings (SSSR count). The maximum Gasteiger partial charge on any atom is 0.326 e. The fourth-order valence-corrected chi connectivity index (χ4v) is 2.34. The summed E-state index contributed by atoms with van der Waals surface area (Å²) in [7, 11) is 0. The van der Waals surface area contributed by atoms with Crippen molar-refractivity contribution in [3.8, 4) is 0 Å². The molecule has 1 amide bonds. The molecule has 0 bridgehead atoms. The molecule has 1 aliphatic rings. The molecule has 0 spiro atoms. The lowest BCUT2D eigenvalue weighted by Gasteiger charge is -2.19.